The minimum atomic E-state index is -1.09. The number of hydrogen-bond donors (Lipinski definition) is 1. The Hall–Kier alpha value is -0.360. The first-order valence-corrected chi connectivity index (χ1v) is 5.37. The minimum absolute atomic E-state index is 0. The van der Waals surface area contributed by atoms with Crippen LogP contribution in [0.15, 0.2) is 12.5 Å². The molecule has 1 aromatic rings. The number of carbonyl (C=O) groups is 1. The van der Waals surface area contributed by atoms with Gasteiger partial charge in [-0.1, -0.05) is 6.92 Å². The molecule has 1 rings (SSSR count). The molecule has 0 aliphatic carbocycles. The number of hydrogen-bond acceptors (Lipinski definition) is 4. The Morgan fingerprint density at radius 1 is 1.65 bits per heavy atom. The quantitative estimate of drug-likeness (QED) is 0.527. The molecule has 0 saturated carbocycles. The summed E-state index contributed by atoms with van der Waals surface area (Å²) in [5, 5.41) is 20.1. The maximum absolute atomic E-state index is 10.9. The van der Waals surface area contributed by atoms with Gasteiger partial charge in [-0.3, -0.25) is 0 Å². The van der Waals surface area contributed by atoms with Crippen LogP contribution in [0.5, 0.6) is 0 Å². The van der Waals surface area contributed by atoms with Crippen LogP contribution in [0.3, 0.4) is 0 Å². The number of nitrogens with zero attached hydrogens (tertiary/aromatic N) is 2. The molecule has 0 spiro atoms. The second kappa shape index (κ2) is 7.87. The summed E-state index contributed by atoms with van der Waals surface area (Å²) in [5.41, 5.74) is 0.916. The number of carboxylic acid groups (broad SMARTS) is 1. The summed E-state index contributed by atoms with van der Waals surface area (Å²) >= 11 is 0. The second-order valence-corrected chi connectivity index (χ2v) is 3.98. The van der Waals surface area contributed by atoms with Crippen molar-refractivity contribution in [2.75, 3.05) is 6.61 Å². The van der Waals surface area contributed by atoms with Crippen LogP contribution >= 0.6 is 0 Å². The normalized spacial score (nSPS) is 13.8. The van der Waals surface area contributed by atoms with Gasteiger partial charge in [0.05, 0.1) is 6.33 Å². The van der Waals surface area contributed by atoms with Crippen molar-refractivity contribution in [3.63, 3.8) is 0 Å². The average Bonchev–Trinajstić information content (AvgIpc) is 2.63. The second-order valence-electron chi connectivity index (χ2n) is 3.98. The van der Waals surface area contributed by atoms with E-state index < -0.39 is 11.9 Å². The van der Waals surface area contributed by atoms with Crippen molar-refractivity contribution in [2.24, 2.45) is 18.9 Å². The van der Waals surface area contributed by atoms with Crippen LogP contribution in [-0.4, -0.2) is 27.2 Å². The first-order chi connectivity index (χ1) is 7.60. The number of rotatable bonds is 6. The number of aliphatic hydroxyl groups is 1. The molecule has 1 heterocycles. The smallest absolute Gasteiger partial charge is 0.550 e. The molecule has 0 radical (unpaired) electrons. The van der Waals surface area contributed by atoms with Gasteiger partial charge >= 0.3 is 29.6 Å². The van der Waals surface area contributed by atoms with E-state index in [1.165, 1.54) is 0 Å². The number of aliphatic carboxylic acids is 1. The predicted octanol–water partition coefficient (Wildman–Crippen LogP) is -3.65. The fraction of sp³-hybridized carbons (Fsp3) is 0.636. The van der Waals surface area contributed by atoms with Crippen LogP contribution in [0.4, 0.5) is 0 Å². The summed E-state index contributed by atoms with van der Waals surface area (Å²) in [6.45, 7) is 1.63. The van der Waals surface area contributed by atoms with Gasteiger partial charge in [-0.15, -0.1) is 0 Å². The largest absolute Gasteiger partial charge is 1.00 e. The summed E-state index contributed by atoms with van der Waals surface area (Å²) in [6, 6.07) is 0. The molecule has 0 bridgehead atoms. The maximum atomic E-state index is 10.9. The van der Waals surface area contributed by atoms with E-state index in [-0.39, 0.29) is 42.1 Å². The summed E-state index contributed by atoms with van der Waals surface area (Å²) in [5.74, 6) is -2.02. The fourth-order valence-electron chi connectivity index (χ4n) is 1.88. The van der Waals surface area contributed by atoms with Crippen molar-refractivity contribution in [3.8, 4) is 0 Å². The van der Waals surface area contributed by atoms with Gasteiger partial charge in [-0.2, -0.15) is 0 Å². The van der Waals surface area contributed by atoms with Crippen molar-refractivity contribution in [1.29, 1.82) is 0 Å². The summed E-state index contributed by atoms with van der Waals surface area (Å²) in [4.78, 5) is 14.9. The number of carboxylic acids is 1. The van der Waals surface area contributed by atoms with Gasteiger partial charge in [0.15, 0.2) is 0 Å². The van der Waals surface area contributed by atoms with E-state index in [4.69, 9.17) is 0 Å². The monoisotopic (exact) mass is 248 g/mol. The van der Waals surface area contributed by atoms with E-state index in [1.54, 1.807) is 19.4 Å². The van der Waals surface area contributed by atoms with Gasteiger partial charge in [0.25, 0.3) is 0 Å². The Bertz CT molecular complexity index is 354. The van der Waals surface area contributed by atoms with E-state index in [9.17, 15) is 15.0 Å². The van der Waals surface area contributed by atoms with Gasteiger partial charge in [0.1, 0.15) is 0 Å². The molecule has 0 fully saturated rings. The zero-order valence-corrected chi connectivity index (χ0v) is 12.6. The molecular formula is C11H17N2NaO3. The molecule has 2 atom stereocenters. The molecule has 6 heteroatoms. The fourth-order valence-corrected chi connectivity index (χ4v) is 1.88. The third kappa shape index (κ3) is 4.43. The van der Waals surface area contributed by atoms with Gasteiger partial charge in [-0.25, -0.2) is 4.98 Å². The molecule has 1 N–H and O–H groups in total. The van der Waals surface area contributed by atoms with E-state index in [2.05, 4.69) is 4.98 Å². The third-order valence-electron chi connectivity index (χ3n) is 2.93. The van der Waals surface area contributed by atoms with Gasteiger partial charge < -0.3 is 19.6 Å². The van der Waals surface area contributed by atoms with E-state index in [1.807, 2.05) is 11.6 Å². The van der Waals surface area contributed by atoms with Crippen LogP contribution in [0, 0.1) is 11.8 Å². The van der Waals surface area contributed by atoms with Crippen molar-refractivity contribution in [2.45, 2.75) is 19.8 Å². The van der Waals surface area contributed by atoms with Crippen molar-refractivity contribution in [3.05, 3.63) is 18.2 Å². The first kappa shape index (κ1) is 16.6. The van der Waals surface area contributed by atoms with Crippen molar-refractivity contribution in [1.82, 2.24) is 9.55 Å². The molecule has 0 aliphatic rings. The molecule has 90 valence electrons. The van der Waals surface area contributed by atoms with Crippen LogP contribution in [0.2, 0.25) is 0 Å². The number of aryl methyl sites for hydroxylation is 1. The SMILES string of the molecule is CC[C@H](C(=O)[O-])[C@@H](CO)Cc1cncn1C.[Na+]. The Morgan fingerprint density at radius 3 is 2.65 bits per heavy atom. The van der Waals surface area contributed by atoms with Gasteiger partial charge in [-0.05, 0) is 18.8 Å². The Morgan fingerprint density at radius 2 is 2.29 bits per heavy atom. The van der Waals surface area contributed by atoms with Crippen LogP contribution < -0.4 is 34.7 Å². The summed E-state index contributed by atoms with van der Waals surface area (Å²) in [6.07, 6.45) is 4.30. The van der Waals surface area contributed by atoms with Crippen LogP contribution in [-0.2, 0) is 18.3 Å². The molecule has 0 amide bonds. The zero-order chi connectivity index (χ0) is 12.1. The van der Waals surface area contributed by atoms with Crippen molar-refractivity contribution < 1.29 is 44.6 Å². The molecule has 0 aromatic carbocycles. The predicted molar refractivity (Wildman–Crippen MR) is 56.3 cm³/mol. The topological polar surface area (TPSA) is 78.2 Å². The van der Waals surface area contributed by atoms with E-state index in [0.29, 0.717) is 12.8 Å². The average molecular weight is 248 g/mol. The molecule has 0 unspecified atom stereocenters. The molecule has 1 aromatic heterocycles. The molecule has 5 nitrogen and oxygen atoms in total. The van der Waals surface area contributed by atoms with Crippen LogP contribution in [0.25, 0.3) is 0 Å². The first-order valence-electron chi connectivity index (χ1n) is 5.37. The van der Waals surface area contributed by atoms with E-state index >= 15 is 0 Å². The van der Waals surface area contributed by atoms with Crippen molar-refractivity contribution >= 4 is 5.97 Å². The summed E-state index contributed by atoms with van der Waals surface area (Å²) in [7, 11) is 1.84. The number of aromatic nitrogens is 2. The molecule has 17 heavy (non-hydrogen) atoms. The van der Waals surface area contributed by atoms with Gasteiger partial charge in [0, 0.05) is 37.4 Å². The molecular weight excluding hydrogens is 231 g/mol. The molecule has 0 saturated heterocycles. The number of imidazole rings is 1. The minimum Gasteiger partial charge on any atom is -0.550 e. The Balaban J connectivity index is 0.00000256. The van der Waals surface area contributed by atoms with E-state index in [0.717, 1.165) is 5.69 Å². The zero-order valence-electron chi connectivity index (χ0n) is 10.6. The van der Waals surface area contributed by atoms with Crippen LogP contribution in [0.1, 0.15) is 19.0 Å². The Kier molecular flexibility index (Phi) is 7.70. The number of aliphatic hydroxyl groups excluding tert-OH is 1. The Labute approximate surface area is 123 Å². The third-order valence-corrected chi connectivity index (χ3v) is 2.93. The molecule has 0 aliphatic heterocycles. The standard InChI is InChI=1S/C11H18N2O3.Na/c1-3-10(11(15)16)8(6-14)4-9-5-12-7-13(9)2;/h5,7-8,10,14H,3-4,6H2,1-2H3,(H,15,16);/q;+1/p-1/t8-,10+;/m1./s1. The van der Waals surface area contributed by atoms with Gasteiger partial charge in [0.2, 0.25) is 0 Å². The summed E-state index contributed by atoms with van der Waals surface area (Å²) < 4.78 is 1.82. The number of carbonyl (C=O) groups excluding carboxylic acids is 1. The maximum Gasteiger partial charge on any atom is 1.00 e.